The molecule has 0 saturated carbocycles. The first-order valence-corrected chi connectivity index (χ1v) is 6.77. The van der Waals surface area contributed by atoms with Gasteiger partial charge in [-0.25, -0.2) is 4.39 Å². The fourth-order valence-corrected chi connectivity index (χ4v) is 3.18. The van der Waals surface area contributed by atoms with E-state index < -0.39 is 0 Å². The highest BCUT2D eigenvalue weighted by molar-refractivity contribution is 5.22. The molecule has 0 amide bonds. The standard InChI is InChI=1S/C16H24FN/c1-12(2)18-11-16(5,15(18,3)4)10-13-6-8-14(17)9-7-13/h6-9,12H,10-11H2,1-5H3. The van der Waals surface area contributed by atoms with E-state index in [-0.39, 0.29) is 16.8 Å². The molecule has 1 aromatic carbocycles. The van der Waals surface area contributed by atoms with Crippen molar-refractivity contribution in [3.8, 4) is 0 Å². The summed E-state index contributed by atoms with van der Waals surface area (Å²) >= 11 is 0. The average Bonchev–Trinajstić information content (AvgIpc) is 2.29. The summed E-state index contributed by atoms with van der Waals surface area (Å²) in [5.41, 5.74) is 1.71. The second-order valence-corrected chi connectivity index (χ2v) is 6.64. The maximum absolute atomic E-state index is 12.9. The predicted molar refractivity (Wildman–Crippen MR) is 74.1 cm³/mol. The molecule has 0 radical (unpaired) electrons. The number of halogens is 1. The van der Waals surface area contributed by atoms with Gasteiger partial charge in [-0.15, -0.1) is 0 Å². The van der Waals surface area contributed by atoms with Crippen molar-refractivity contribution >= 4 is 0 Å². The predicted octanol–water partition coefficient (Wildman–Crippen LogP) is 3.88. The van der Waals surface area contributed by atoms with Crippen molar-refractivity contribution < 1.29 is 4.39 Å². The van der Waals surface area contributed by atoms with Crippen LogP contribution in [0.1, 0.15) is 40.2 Å². The van der Waals surface area contributed by atoms with Crippen molar-refractivity contribution in [2.24, 2.45) is 5.41 Å². The summed E-state index contributed by atoms with van der Waals surface area (Å²) < 4.78 is 12.9. The van der Waals surface area contributed by atoms with Crippen LogP contribution in [0.15, 0.2) is 24.3 Å². The zero-order valence-electron chi connectivity index (χ0n) is 12.1. The fraction of sp³-hybridized carbons (Fsp3) is 0.625. The Balaban J connectivity index is 2.13. The molecule has 0 aliphatic carbocycles. The zero-order chi connectivity index (χ0) is 13.6. The van der Waals surface area contributed by atoms with Gasteiger partial charge in [0.15, 0.2) is 0 Å². The minimum atomic E-state index is -0.152. The molecule has 2 rings (SSSR count). The van der Waals surface area contributed by atoms with E-state index in [0.717, 1.165) is 13.0 Å². The molecule has 1 aliphatic heterocycles. The quantitative estimate of drug-likeness (QED) is 0.786. The topological polar surface area (TPSA) is 3.24 Å². The summed E-state index contributed by atoms with van der Waals surface area (Å²) in [7, 11) is 0. The molecule has 1 atom stereocenters. The van der Waals surface area contributed by atoms with Gasteiger partial charge in [0.1, 0.15) is 5.82 Å². The van der Waals surface area contributed by atoms with Gasteiger partial charge in [0.05, 0.1) is 0 Å². The van der Waals surface area contributed by atoms with Gasteiger partial charge in [-0.05, 0) is 51.8 Å². The third kappa shape index (κ3) is 2.07. The van der Waals surface area contributed by atoms with E-state index in [1.165, 1.54) is 5.56 Å². The normalized spacial score (nSPS) is 27.3. The van der Waals surface area contributed by atoms with Crippen LogP contribution in [0.3, 0.4) is 0 Å². The van der Waals surface area contributed by atoms with Crippen LogP contribution in [0.5, 0.6) is 0 Å². The molecular formula is C16H24FN. The minimum Gasteiger partial charge on any atom is -0.295 e. The van der Waals surface area contributed by atoms with Gasteiger partial charge in [0.25, 0.3) is 0 Å². The largest absolute Gasteiger partial charge is 0.295 e. The van der Waals surface area contributed by atoms with Crippen molar-refractivity contribution in [2.75, 3.05) is 6.54 Å². The molecule has 100 valence electrons. The molecule has 1 saturated heterocycles. The molecule has 0 aromatic heterocycles. The van der Waals surface area contributed by atoms with E-state index in [9.17, 15) is 4.39 Å². The first kappa shape index (κ1) is 13.5. The molecule has 18 heavy (non-hydrogen) atoms. The lowest BCUT2D eigenvalue weighted by molar-refractivity contribution is -0.144. The molecule has 2 heteroatoms. The fourth-order valence-electron chi connectivity index (χ4n) is 3.18. The van der Waals surface area contributed by atoms with Gasteiger partial charge in [-0.2, -0.15) is 0 Å². The number of benzene rings is 1. The molecule has 0 N–H and O–H groups in total. The van der Waals surface area contributed by atoms with Crippen LogP contribution in [-0.4, -0.2) is 23.0 Å². The lowest BCUT2D eigenvalue weighted by Crippen LogP contribution is -2.72. The van der Waals surface area contributed by atoms with Crippen LogP contribution in [0.2, 0.25) is 0 Å². The summed E-state index contributed by atoms with van der Waals surface area (Å²) in [6, 6.07) is 7.53. The van der Waals surface area contributed by atoms with Gasteiger partial charge in [-0.3, -0.25) is 4.90 Å². The van der Waals surface area contributed by atoms with Gasteiger partial charge in [0, 0.05) is 23.5 Å². The maximum atomic E-state index is 12.9. The van der Waals surface area contributed by atoms with Gasteiger partial charge in [-0.1, -0.05) is 19.1 Å². The van der Waals surface area contributed by atoms with Crippen LogP contribution < -0.4 is 0 Å². The summed E-state index contributed by atoms with van der Waals surface area (Å²) in [4.78, 5) is 2.54. The lowest BCUT2D eigenvalue weighted by Gasteiger charge is -2.64. The van der Waals surface area contributed by atoms with Crippen LogP contribution >= 0.6 is 0 Å². The van der Waals surface area contributed by atoms with Crippen molar-refractivity contribution in [3.05, 3.63) is 35.6 Å². The van der Waals surface area contributed by atoms with Crippen molar-refractivity contribution in [1.82, 2.24) is 4.90 Å². The Morgan fingerprint density at radius 2 is 1.72 bits per heavy atom. The van der Waals surface area contributed by atoms with Crippen molar-refractivity contribution in [2.45, 2.75) is 52.6 Å². The van der Waals surface area contributed by atoms with Gasteiger partial charge < -0.3 is 0 Å². The average molecular weight is 249 g/mol. The molecule has 1 aliphatic rings. The van der Waals surface area contributed by atoms with E-state index >= 15 is 0 Å². The molecule has 0 spiro atoms. The molecule has 1 fully saturated rings. The third-order valence-corrected chi connectivity index (χ3v) is 4.85. The number of hydrogen-bond donors (Lipinski definition) is 0. The Morgan fingerprint density at radius 3 is 2.17 bits per heavy atom. The number of likely N-dealkylation sites (tertiary alicyclic amines) is 1. The highest BCUT2D eigenvalue weighted by Gasteiger charge is 2.55. The van der Waals surface area contributed by atoms with Crippen molar-refractivity contribution in [3.63, 3.8) is 0 Å². The Morgan fingerprint density at radius 1 is 1.17 bits per heavy atom. The Kier molecular flexibility index (Phi) is 3.26. The summed E-state index contributed by atoms with van der Waals surface area (Å²) in [5, 5.41) is 0. The first-order chi connectivity index (χ1) is 8.26. The maximum Gasteiger partial charge on any atom is 0.123 e. The second kappa shape index (κ2) is 4.34. The molecule has 1 aromatic rings. The minimum absolute atomic E-state index is 0.152. The van der Waals surface area contributed by atoms with E-state index in [1.807, 2.05) is 12.1 Å². The number of hydrogen-bond acceptors (Lipinski definition) is 1. The van der Waals surface area contributed by atoms with Crippen molar-refractivity contribution in [1.29, 1.82) is 0 Å². The zero-order valence-corrected chi connectivity index (χ0v) is 12.1. The molecule has 0 bridgehead atoms. The Labute approximate surface area is 110 Å². The Bertz CT molecular complexity index is 421. The van der Waals surface area contributed by atoms with Crippen LogP contribution in [-0.2, 0) is 6.42 Å². The van der Waals surface area contributed by atoms with Gasteiger partial charge in [0.2, 0.25) is 0 Å². The Hall–Kier alpha value is -0.890. The van der Waals surface area contributed by atoms with Gasteiger partial charge >= 0.3 is 0 Å². The SMILES string of the molecule is CC(C)N1CC(C)(Cc2ccc(F)cc2)C1(C)C. The van der Waals surface area contributed by atoms with E-state index in [2.05, 4.69) is 39.5 Å². The number of rotatable bonds is 3. The number of nitrogens with zero attached hydrogens (tertiary/aromatic N) is 1. The summed E-state index contributed by atoms with van der Waals surface area (Å²) in [5.74, 6) is -0.152. The monoisotopic (exact) mass is 249 g/mol. The highest BCUT2D eigenvalue weighted by atomic mass is 19.1. The highest BCUT2D eigenvalue weighted by Crippen LogP contribution is 2.49. The van der Waals surface area contributed by atoms with E-state index in [0.29, 0.717) is 6.04 Å². The van der Waals surface area contributed by atoms with E-state index in [4.69, 9.17) is 0 Å². The van der Waals surface area contributed by atoms with E-state index in [1.54, 1.807) is 12.1 Å². The van der Waals surface area contributed by atoms with Crippen LogP contribution in [0.4, 0.5) is 4.39 Å². The lowest BCUT2D eigenvalue weighted by atomic mass is 9.60. The molecule has 1 unspecified atom stereocenters. The van der Waals surface area contributed by atoms with Crippen LogP contribution in [0, 0.1) is 11.2 Å². The molecule has 1 nitrogen and oxygen atoms in total. The molecular weight excluding hydrogens is 225 g/mol. The summed E-state index contributed by atoms with van der Waals surface area (Å²) in [6.07, 6.45) is 1.02. The summed E-state index contributed by atoms with van der Waals surface area (Å²) in [6.45, 7) is 12.6. The smallest absolute Gasteiger partial charge is 0.123 e. The van der Waals surface area contributed by atoms with Crippen LogP contribution in [0.25, 0.3) is 0 Å². The first-order valence-electron chi connectivity index (χ1n) is 6.77. The molecule has 1 heterocycles. The second-order valence-electron chi connectivity index (χ2n) is 6.64. The third-order valence-electron chi connectivity index (χ3n) is 4.85.